The third-order valence-corrected chi connectivity index (χ3v) is 4.08. The second kappa shape index (κ2) is 8.28. The van der Waals surface area contributed by atoms with Gasteiger partial charge in [-0.25, -0.2) is 4.39 Å². The van der Waals surface area contributed by atoms with E-state index in [2.05, 4.69) is 5.32 Å². The zero-order chi connectivity index (χ0) is 18.1. The van der Waals surface area contributed by atoms with Gasteiger partial charge in [-0.2, -0.15) is 26.3 Å². The highest BCUT2D eigenvalue weighted by atomic mass is 35.5. The second-order valence-electron chi connectivity index (χ2n) is 5.44. The van der Waals surface area contributed by atoms with Gasteiger partial charge in [0, 0.05) is 37.8 Å². The first-order valence-corrected chi connectivity index (χ1v) is 7.45. The molecule has 0 amide bonds. The van der Waals surface area contributed by atoms with Gasteiger partial charge in [-0.05, 0) is 12.1 Å². The maximum atomic E-state index is 14.3. The Morgan fingerprint density at radius 2 is 1.64 bits per heavy atom. The topological polar surface area (TPSA) is 15.3 Å². The standard InChI is InChI=1S/C14H14ClF7N2.ClH/c15-9-2-1-8(14(20,21)22)11(12(9)16)10(7-13(17,18)19)24-5-3-23-4-6-24;/h1-2,10,23H,3-7H2;1H/t10-;/m1./s1. The largest absolute Gasteiger partial charge is 0.416 e. The van der Waals surface area contributed by atoms with E-state index >= 15 is 0 Å². The molecule has 0 bridgehead atoms. The molecule has 2 nitrogen and oxygen atoms in total. The molecule has 0 aliphatic carbocycles. The van der Waals surface area contributed by atoms with E-state index in [0.717, 1.165) is 0 Å². The third kappa shape index (κ3) is 5.60. The molecular weight excluding hydrogens is 400 g/mol. The van der Waals surface area contributed by atoms with Gasteiger partial charge in [-0.1, -0.05) is 11.6 Å². The quantitative estimate of drug-likeness (QED) is 0.713. The zero-order valence-corrected chi connectivity index (χ0v) is 14.2. The van der Waals surface area contributed by atoms with Gasteiger partial charge in [-0.15, -0.1) is 12.4 Å². The molecular formula is C14H15Cl2F7N2. The van der Waals surface area contributed by atoms with Crippen molar-refractivity contribution in [1.29, 1.82) is 0 Å². The van der Waals surface area contributed by atoms with E-state index in [0.29, 0.717) is 25.2 Å². The van der Waals surface area contributed by atoms with Crippen LogP contribution >= 0.6 is 24.0 Å². The molecule has 1 aromatic carbocycles. The Morgan fingerprint density at radius 1 is 1.08 bits per heavy atom. The molecule has 144 valence electrons. The van der Waals surface area contributed by atoms with E-state index in [4.69, 9.17) is 11.6 Å². The van der Waals surface area contributed by atoms with E-state index in [1.54, 1.807) is 0 Å². The minimum absolute atomic E-state index is 0. The predicted molar refractivity (Wildman–Crippen MR) is 81.5 cm³/mol. The SMILES string of the molecule is Cl.Fc1c(Cl)ccc(C(F)(F)F)c1[C@@H](CC(F)(F)F)N1CCNCC1. The van der Waals surface area contributed by atoms with E-state index in [9.17, 15) is 30.7 Å². The molecule has 1 fully saturated rings. The summed E-state index contributed by atoms with van der Waals surface area (Å²) in [7, 11) is 0. The van der Waals surface area contributed by atoms with E-state index in [1.807, 2.05) is 0 Å². The monoisotopic (exact) mass is 414 g/mol. The van der Waals surface area contributed by atoms with Crippen LogP contribution in [-0.2, 0) is 6.18 Å². The van der Waals surface area contributed by atoms with E-state index in [-0.39, 0.29) is 25.5 Å². The molecule has 11 heteroatoms. The van der Waals surface area contributed by atoms with Crippen LogP contribution in [0.1, 0.15) is 23.6 Å². The molecule has 1 N–H and O–H groups in total. The molecule has 25 heavy (non-hydrogen) atoms. The summed E-state index contributed by atoms with van der Waals surface area (Å²) in [6.45, 7) is 0.754. The van der Waals surface area contributed by atoms with E-state index < -0.39 is 46.8 Å². The summed E-state index contributed by atoms with van der Waals surface area (Å²) in [5.41, 5.74) is -2.48. The van der Waals surface area contributed by atoms with Crippen molar-refractivity contribution >= 4 is 24.0 Å². The first kappa shape index (κ1) is 22.3. The normalized spacial score (nSPS) is 17.9. The fraction of sp³-hybridized carbons (Fsp3) is 0.571. The van der Waals surface area contributed by atoms with Crippen LogP contribution in [0.3, 0.4) is 0 Å². The van der Waals surface area contributed by atoms with Crippen LogP contribution < -0.4 is 5.32 Å². The molecule has 1 aliphatic rings. The van der Waals surface area contributed by atoms with Crippen molar-refractivity contribution in [2.45, 2.75) is 24.8 Å². The van der Waals surface area contributed by atoms with Gasteiger partial charge in [0.15, 0.2) is 0 Å². The molecule has 1 atom stereocenters. The lowest BCUT2D eigenvalue weighted by Crippen LogP contribution is -2.46. The van der Waals surface area contributed by atoms with Gasteiger partial charge in [-0.3, -0.25) is 4.90 Å². The van der Waals surface area contributed by atoms with Crippen molar-refractivity contribution < 1.29 is 30.7 Å². The molecule has 0 aromatic heterocycles. The summed E-state index contributed by atoms with van der Waals surface area (Å²) in [4.78, 5) is 1.20. The van der Waals surface area contributed by atoms with Gasteiger partial charge in [0.2, 0.25) is 0 Å². The van der Waals surface area contributed by atoms with Crippen LogP contribution in [0.5, 0.6) is 0 Å². The van der Waals surface area contributed by atoms with Crippen molar-refractivity contribution in [3.8, 4) is 0 Å². The number of rotatable bonds is 3. The minimum Gasteiger partial charge on any atom is -0.314 e. The highest BCUT2D eigenvalue weighted by Crippen LogP contribution is 2.43. The Balaban J connectivity index is 0.00000312. The van der Waals surface area contributed by atoms with E-state index in [1.165, 1.54) is 4.90 Å². The molecule has 0 spiro atoms. The number of halogens is 9. The summed E-state index contributed by atoms with van der Waals surface area (Å²) >= 11 is 5.54. The summed E-state index contributed by atoms with van der Waals surface area (Å²) in [6.07, 6.45) is -11.3. The number of nitrogens with one attached hydrogen (secondary N) is 1. The third-order valence-electron chi connectivity index (χ3n) is 3.79. The van der Waals surface area contributed by atoms with Crippen LogP contribution in [0, 0.1) is 5.82 Å². The first-order chi connectivity index (χ1) is 11.0. The summed E-state index contributed by atoms with van der Waals surface area (Å²) in [5.74, 6) is -1.46. The van der Waals surface area contributed by atoms with Gasteiger partial charge in [0.25, 0.3) is 0 Å². The molecule has 1 heterocycles. The number of piperazine rings is 1. The van der Waals surface area contributed by atoms with Gasteiger partial charge in [0.05, 0.1) is 17.0 Å². The van der Waals surface area contributed by atoms with Crippen molar-refractivity contribution in [3.05, 3.63) is 34.1 Å². The molecule has 2 rings (SSSR count). The number of alkyl halides is 6. The number of hydrogen-bond acceptors (Lipinski definition) is 2. The second-order valence-corrected chi connectivity index (χ2v) is 5.85. The molecule has 0 saturated carbocycles. The fourth-order valence-electron chi connectivity index (χ4n) is 2.77. The van der Waals surface area contributed by atoms with Crippen LogP contribution in [0.25, 0.3) is 0 Å². The smallest absolute Gasteiger partial charge is 0.314 e. The van der Waals surface area contributed by atoms with Crippen LogP contribution in [-0.4, -0.2) is 37.3 Å². The van der Waals surface area contributed by atoms with Crippen LogP contribution in [0.15, 0.2) is 12.1 Å². The van der Waals surface area contributed by atoms with Crippen LogP contribution in [0.2, 0.25) is 5.02 Å². The Hall–Kier alpha value is -0.770. The molecule has 0 unspecified atom stereocenters. The maximum Gasteiger partial charge on any atom is 0.416 e. The Bertz CT molecular complexity index is 584. The summed E-state index contributed by atoms with van der Waals surface area (Å²) in [6, 6.07) is -0.569. The molecule has 0 radical (unpaired) electrons. The average molecular weight is 415 g/mol. The fourth-order valence-corrected chi connectivity index (χ4v) is 2.93. The first-order valence-electron chi connectivity index (χ1n) is 7.07. The average Bonchev–Trinajstić information content (AvgIpc) is 2.46. The van der Waals surface area contributed by atoms with Gasteiger partial charge in [0.1, 0.15) is 5.82 Å². The lowest BCUT2D eigenvalue weighted by atomic mass is 9.94. The maximum absolute atomic E-state index is 14.3. The van der Waals surface area contributed by atoms with Crippen molar-refractivity contribution in [2.75, 3.05) is 26.2 Å². The van der Waals surface area contributed by atoms with Crippen molar-refractivity contribution in [2.24, 2.45) is 0 Å². The number of benzene rings is 1. The Kier molecular flexibility index (Phi) is 7.38. The Morgan fingerprint density at radius 3 is 2.12 bits per heavy atom. The number of nitrogens with zero attached hydrogens (tertiary/aromatic N) is 1. The molecule has 1 aliphatic heterocycles. The van der Waals surface area contributed by atoms with Gasteiger partial charge < -0.3 is 5.32 Å². The molecule has 1 saturated heterocycles. The van der Waals surface area contributed by atoms with Crippen molar-refractivity contribution in [3.63, 3.8) is 0 Å². The zero-order valence-electron chi connectivity index (χ0n) is 12.6. The highest BCUT2D eigenvalue weighted by molar-refractivity contribution is 6.30. The lowest BCUT2D eigenvalue weighted by Gasteiger charge is -2.37. The predicted octanol–water partition coefficient (Wildman–Crippen LogP) is 4.82. The van der Waals surface area contributed by atoms with Gasteiger partial charge >= 0.3 is 12.4 Å². The minimum atomic E-state index is -4.99. The summed E-state index contributed by atoms with van der Waals surface area (Å²) in [5, 5.41) is 2.25. The number of hydrogen-bond donors (Lipinski definition) is 1. The summed E-state index contributed by atoms with van der Waals surface area (Å²) < 4.78 is 92.7. The highest BCUT2D eigenvalue weighted by Gasteiger charge is 2.43. The van der Waals surface area contributed by atoms with Crippen LogP contribution in [0.4, 0.5) is 30.7 Å². The Labute approximate surface area is 150 Å². The molecule has 1 aromatic rings. The van der Waals surface area contributed by atoms with Crippen molar-refractivity contribution in [1.82, 2.24) is 10.2 Å². The lowest BCUT2D eigenvalue weighted by molar-refractivity contribution is -0.153.